The van der Waals surface area contributed by atoms with Crippen molar-refractivity contribution in [1.29, 1.82) is 0 Å². The van der Waals surface area contributed by atoms with Gasteiger partial charge in [0.05, 0.1) is 6.26 Å². The summed E-state index contributed by atoms with van der Waals surface area (Å²) >= 11 is 0. The third-order valence-electron chi connectivity index (χ3n) is 2.44. The minimum absolute atomic E-state index is 0.00389. The quantitative estimate of drug-likeness (QED) is 0.736. The summed E-state index contributed by atoms with van der Waals surface area (Å²) in [5.41, 5.74) is -0.332. The Morgan fingerprint density at radius 1 is 1.56 bits per heavy atom. The highest BCUT2D eigenvalue weighted by Crippen LogP contribution is 2.13. The molecular formula is C12H16O4. The van der Waals surface area contributed by atoms with E-state index in [2.05, 4.69) is 0 Å². The molecular weight excluding hydrogens is 208 g/mol. The number of hydrogen-bond donors (Lipinski definition) is 0. The first kappa shape index (κ1) is 12.5. The van der Waals surface area contributed by atoms with Crippen LogP contribution in [0.4, 0.5) is 0 Å². The van der Waals surface area contributed by atoms with Crippen molar-refractivity contribution in [3.8, 4) is 5.75 Å². The fourth-order valence-electron chi connectivity index (χ4n) is 1.21. The fourth-order valence-corrected chi connectivity index (χ4v) is 1.21. The van der Waals surface area contributed by atoms with Gasteiger partial charge in [-0.1, -0.05) is 20.3 Å². The SMILES string of the molecule is CCC(C)CC(=O)Oc1c(C)occc1=O. The van der Waals surface area contributed by atoms with E-state index in [1.165, 1.54) is 12.3 Å². The van der Waals surface area contributed by atoms with Gasteiger partial charge in [0.15, 0.2) is 0 Å². The zero-order chi connectivity index (χ0) is 12.1. The van der Waals surface area contributed by atoms with Gasteiger partial charge in [-0.05, 0) is 12.8 Å². The molecule has 88 valence electrons. The number of aryl methyl sites for hydroxylation is 1. The highest BCUT2D eigenvalue weighted by Gasteiger charge is 2.14. The maximum atomic E-state index is 11.5. The molecule has 1 rings (SSSR count). The van der Waals surface area contributed by atoms with Crippen molar-refractivity contribution < 1.29 is 13.9 Å². The standard InChI is InChI=1S/C12H16O4/c1-4-8(2)7-11(14)16-12-9(3)15-6-5-10(12)13/h5-6,8H,4,7H2,1-3H3. The lowest BCUT2D eigenvalue weighted by Gasteiger charge is -2.08. The third-order valence-corrected chi connectivity index (χ3v) is 2.44. The molecule has 0 N–H and O–H groups in total. The Labute approximate surface area is 94.2 Å². The van der Waals surface area contributed by atoms with Gasteiger partial charge in [-0.2, -0.15) is 0 Å². The summed E-state index contributed by atoms with van der Waals surface area (Å²) in [5.74, 6) is 0.181. The van der Waals surface area contributed by atoms with Crippen molar-refractivity contribution in [2.45, 2.75) is 33.6 Å². The van der Waals surface area contributed by atoms with E-state index < -0.39 is 5.97 Å². The number of ether oxygens (including phenoxy) is 1. The fraction of sp³-hybridized carbons (Fsp3) is 0.500. The topological polar surface area (TPSA) is 56.5 Å². The van der Waals surface area contributed by atoms with Crippen LogP contribution in [0.5, 0.6) is 5.75 Å². The molecule has 0 radical (unpaired) electrons. The van der Waals surface area contributed by atoms with E-state index in [9.17, 15) is 9.59 Å². The smallest absolute Gasteiger partial charge is 0.311 e. The molecule has 4 nitrogen and oxygen atoms in total. The van der Waals surface area contributed by atoms with Crippen LogP contribution >= 0.6 is 0 Å². The van der Waals surface area contributed by atoms with E-state index in [4.69, 9.17) is 9.15 Å². The summed E-state index contributed by atoms with van der Waals surface area (Å²) in [6.07, 6.45) is 2.49. The average Bonchev–Trinajstić information content (AvgIpc) is 2.23. The highest BCUT2D eigenvalue weighted by atomic mass is 16.5. The van der Waals surface area contributed by atoms with E-state index in [1.807, 2.05) is 13.8 Å². The third kappa shape index (κ3) is 3.22. The van der Waals surface area contributed by atoms with E-state index >= 15 is 0 Å². The highest BCUT2D eigenvalue weighted by molar-refractivity contribution is 5.72. The lowest BCUT2D eigenvalue weighted by atomic mass is 10.1. The van der Waals surface area contributed by atoms with Crippen molar-refractivity contribution in [1.82, 2.24) is 0 Å². The van der Waals surface area contributed by atoms with Gasteiger partial charge in [0.2, 0.25) is 11.2 Å². The van der Waals surface area contributed by atoms with Crippen LogP contribution in [-0.2, 0) is 4.79 Å². The molecule has 0 spiro atoms. The summed E-state index contributed by atoms with van der Waals surface area (Å²) in [7, 11) is 0. The Kier molecular flexibility index (Phi) is 4.28. The molecule has 1 heterocycles. The van der Waals surface area contributed by atoms with E-state index in [1.54, 1.807) is 6.92 Å². The first-order valence-corrected chi connectivity index (χ1v) is 5.33. The minimum atomic E-state index is -0.393. The molecule has 1 aromatic heterocycles. The zero-order valence-electron chi connectivity index (χ0n) is 9.78. The van der Waals surface area contributed by atoms with Gasteiger partial charge in [-0.15, -0.1) is 0 Å². The summed E-state index contributed by atoms with van der Waals surface area (Å²) in [4.78, 5) is 22.9. The Morgan fingerprint density at radius 3 is 2.81 bits per heavy atom. The second-order valence-electron chi connectivity index (χ2n) is 3.86. The molecule has 1 unspecified atom stereocenters. The number of esters is 1. The van der Waals surface area contributed by atoms with Gasteiger partial charge in [-0.3, -0.25) is 9.59 Å². The summed E-state index contributed by atoms with van der Waals surface area (Å²) in [6.45, 7) is 5.55. The number of hydrogen-bond acceptors (Lipinski definition) is 4. The van der Waals surface area contributed by atoms with Crippen molar-refractivity contribution in [3.05, 3.63) is 28.3 Å². The van der Waals surface area contributed by atoms with Crippen LogP contribution in [0.3, 0.4) is 0 Å². The zero-order valence-corrected chi connectivity index (χ0v) is 9.78. The molecule has 0 aromatic carbocycles. The minimum Gasteiger partial charge on any atom is -0.465 e. The maximum Gasteiger partial charge on any atom is 0.311 e. The van der Waals surface area contributed by atoms with Crippen molar-refractivity contribution in [2.75, 3.05) is 0 Å². The van der Waals surface area contributed by atoms with Crippen LogP contribution < -0.4 is 10.2 Å². The number of carbonyl (C=O) groups is 1. The normalized spacial score (nSPS) is 12.2. The Hall–Kier alpha value is -1.58. The monoisotopic (exact) mass is 224 g/mol. The predicted octanol–water partition coefficient (Wildman–Crippen LogP) is 2.29. The molecule has 0 fully saturated rings. The summed E-state index contributed by atoms with van der Waals surface area (Å²) in [6, 6.07) is 1.23. The van der Waals surface area contributed by atoms with Crippen molar-refractivity contribution in [2.24, 2.45) is 5.92 Å². The molecule has 0 aliphatic carbocycles. The van der Waals surface area contributed by atoms with Gasteiger partial charge < -0.3 is 9.15 Å². The predicted molar refractivity (Wildman–Crippen MR) is 59.4 cm³/mol. The van der Waals surface area contributed by atoms with E-state index in [0.717, 1.165) is 6.42 Å². The first-order chi connectivity index (χ1) is 7.54. The van der Waals surface area contributed by atoms with Gasteiger partial charge >= 0.3 is 5.97 Å². The molecule has 0 amide bonds. The summed E-state index contributed by atoms with van der Waals surface area (Å²) in [5, 5.41) is 0. The van der Waals surface area contributed by atoms with Crippen LogP contribution in [-0.4, -0.2) is 5.97 Å². The Bertz CT molecular complexity index is 419. The van der Waals surface area contributed by atoms with E-state index in [0.29, 0.717) is 12.2 Å². The lowest BCUT2D eigenvalue weighted by Crippen LogP contribution is -2.17. The van der Waals surface area contributed by atoms with Crippen LogP contribution in [0, 0.1) is 12.8 Å². The van der Waals surface area contributed by atoms with Crippen molar-refractivity contribution >= 4 is 5.97 Å². The van der Waals surface area contributed by atoms with E-state index in [-0.39, 0.29) is 17.1 Å². The second kappa shape index (κ2) is 5.49. The average molecular weight is 224 g/mol. The molecule has 0 aliphatic heterocycles. The van der Waals surface area contributed by atoms with Gasteiger partial charge in [0.25, 0.3) is 0 Å². The van der Waals surface area contributed by atoms with Gasteiger partial charge in [0, 0.05) is 12.5 Å². The Balaban J connectivity index is 2.74. The summed E-state index contributed by atoms with van der Waals surface area (Å²) < 4.78 is 10.00. The largest absolute Gasteiger partial charge is 0.465 e. The second-order valence-corrected chi connectivity index (χ2v) is 3.86. The van der Waals surface area contributed by atoms with Crippen molar-refractivity contribution in [3.63, 3.8) is 0 Å². The van der Waals surface area contributed by atoms with Gasteiger partial charge in [-0.25, -0.2) is 0 Å². The lowest BCUT2D eigenvalue weighted by molar-refractivity contribution is -0.135. The molecule has 0 aliphatic rings. The molecule has 1 atom stereocenters. The van der Waals surface area contributed by atoms with Gasteiger partial charge in [0.1, 0.15) is 5.76 Å². The number of rotatable bonds is 4. The Morgan fingerprint density at radius 2 is 2.25 bits per heavy atom. The first-order valence-electron chi connectivity index (χ1n) is 5.33. The molecule has 0 bridgehead atoms. The number of carbonyl (C=O) groups excluding carboxylic acids is 1. The van der Waals surface area contributed by atoms with Crippen LogP contribution in [0.15, 0.2) is 21.5 Å². The molecule has 1 aromatic rings. The molecule has 16 heavy (non-hydrogen) atoms. The van der Waals surface area contributed by atoms with Crippen LogP contribution in [0.25, 0.3) is 0 Å². The molecule has 4 heteroatoms. The molecule has 0 saturated carbocycles. The maximum absolute atomic E-state index is 11.5. The van der Waals surface area contributed by atoms with Crippen LogP contribution in [0.1, 0.15) is 32.4 Å². The van der Waals surface area contributed by atoms with Crippen LogP contribution in [0.2, 0.25) is 0 Å². The molecule has 0 saturated heterocycles.